The highest BCUT2D eigenvalue weighted by molar-refractivity contribution is 5.92. The number of hydrogen-bond acceptors (Lipinski definition) is 3. The normalized spacial score (nSPS) is 17.2. The Bertz CT molecular complexity index is 410. The Kier molecular flexibility index (Phi) is 3.12. The lowest BCUT2D eigenvalue weighted by molar-refractivity contribution is -0.141. The lowest BCUT2D eigenvalue weighted by Gasteiger charge is -2.40. The second-order valence-electron chi connectivity index (χ2n) is 4.58. The van der Waals surface area contributed by atoms with Crippen molar-refractivity contribution >= 4 is 11.9 Å². The molecule has 0 atom stereocenters. The van der Waals surface area contributed by atoms with E-state index in [2.05, 4.69) is 15.5 Å². The van der Waals surface area contributed by atoms with Gasteiger partial charge in [0.2, 0.25) is 0 Å². The van der Waals surface area contributed by atoms with Crippen LogP contribution in [0.3, 0.4) is 0 Å². The fourth-order valence-corrected chi connectivity index (χ4v) is 2.16. The van der Waals surface area contributed by atoms with E-state index in [1.807, 2.05) is 0 Å². The predicted octanol–water partition coefficient (Wildman–Crippen LogP) is 0.784. The van der Waals surface area contributed by atoms with Gasteiger partial charge in [0.05, 0.1) is 6.42 Å². The van der Waals surface area contributed by atoms with Gasteiger partial charge in [0.1, 0.15) is 5.69 Å². The standard InChI is InChI=1S/C11H15N3O3/c15-9(16)6-11(3-1-4-11)7-12-10(17)8-2-5-13-14-8/h2,5H,1,3-4,6-7H2,(H,12,17)(H,13,14)(H,15,16). The lowest BCUT2D eigenvalue weighted by atomic mass is 9.66. The number of nitrogens with zero attached hydrogens (tertiary/aromatic N) is 1. The summed E-state index contributed by atoms with van der Waals surface area (Å²) in [6.45, 7) is 0.414. The molecule has 0 aromatic carbocycles. The van der Waals surface area contributed by atoms with Gasteiger partial charge in [-0.1, -0.05) is 6.42 Å². The van der Waals surface area contributed by atoms with Crippen LogP contribution < -0.4 is 5.32 Å². The molecule has 1 aliphatic rings. The smallest absolute Gasteiger partial charge is 0.303 e. The first kappa shape index (κ1) is 11.6. The molecule has 1 amide bonds. The summed E-state index contributed by atoms with van der Waals surface area (Å²) in [5, 5.41) is 17.9. The number of hydrogen-bond donors (Lipinski definition) is 3. The van der Waals surface area contributed by atoms with Gasteiger partial charge in [-0.05, 0) is 24.3 Å². The molecule has 0 spiro atoms. The second kappa shape index (κ2) is 4.57. The third-order valence-corrected chi connectivity index (χ3v) is 3.31. The van der Waals surface area contributed by atoms with Crippen LogP contribution in [0.1, 0.15) is 36.2 Å². The van der Waals surface area contributed by atoms with Crippen LogP contribution in [0.5, 0.6) is 0 Å². The van der Waals surface area contributed by atoms with Crippen molar-refractivity contribution in [1.29, 1.82) is 0 Å². The third-order valence-electron chi connectivity index (χ3n) is 3.31. The van der Waals surface area contributed by atoms with E-state index in [0.717, 1.165) is 19.3 Å². The van der Waals surface area contributed by atoms with Crippen LogP contribution in [0, 0.1) is 5.41 Å². The summed E-state index contributed by atoms with van der Waals surface area (Å²) in [5.74, 6) is -1.04. The van der Waals surface area contributed by atoms with Crippen LogP contribution in [-0.4, -0.2) is 33.7 Å². The molecule has 6 nitrogen and oxygen atoms in total. The molecular weight excluding hydrogens is 222 g/mol. The summed E-state index contributed by atoms with van der Waals surface area (Å²) in [5.41, 5.74) is 0.149. The number of carboxylic acid groups (broad SMARTS) is 1. The summed E-state index contributed by atoms with van der Waals surface area (Å²) in [4.78, 5) is 22.4. The fraction of sp³-hybridized carbons (Fsp3) is 0.545. The number of rotatable bonds is 5. The van der Waals surface area contributed by atoms with Gasteiger partial charge < -0.3 is 10.4 Å². The van der Waals surface area contributed by atoms with Crippen LogP contribution in [0.25, 0.3) is 0 Å². The molecule has 1 aromatic rings. The molecule has 1 heterocycles. The lowest BCUT2D eigenvalue weighted by Crippen LogP contribution is -2.43. The van der Waals surface area contributed by atoms with Gasteiger partial charge in [-0.25, -0.2) is 0 Å². The quantitative estimate of drug-likeness (QED) is 0.705. The molecule has 2 rings (SSSR count). The Morgan fingerprint density at radius 3 is 2.76 bits per heavy atom. The Morgan fingerprint density at radius 2 is 2.29 bits per heavy atom. The Balaban J connectivity index is 1.88. The summed E-state index contributed by atoms with van der Waals surface area (Å²) < 4.78 is 0. The Hall–Kier alpha value is -1.85. The van der Waals surface area contributed by atoms with Gasteiger partial charge in [-0.15, -0.1) is 0 Å². The number of aliphatic carboxylic acids is 1. The Morgan fingerprint density at radius 1 is 1.53 bits per heavy atom. The molecule has 6 heteroatoms. The molecule has 17 heavy (non-hydrogen) atoms. The molecular formula is C11H15N3O3. The zero-order valence-electron chi connectivity index (χ0n) is 9.40. The zero-order chi connectivity index (χ0) is 12.3. The molecule has 92 valence electrons. The van der Waals surface area contributed by atoms with Crippen LogP contribution in [0.15, 0.2) is 12.3 Å². The fourth-order valence-electron chi connectivity index (χ4n) is 2.16. The van der Waals surface area contributed by atoms with Crippen LogP contribution in [0.2, 0.25) is 0 Å². The predicted molar refractivity (Wildman–Crippen MR) is 59.5 cm³/mol. The zero-order valence-corrected chi connectivity index (χ0v) is 9.40. The first-order valence-corrected chi connectivity index (χ1v) is 5.61. The topological polar surface area (TPSA) is 95.1 Å². The van der Waals surface area contributed by atoms with E-state index in [0.29, 0.717) is 12.2 Å². The molecule has 1 aliphatic carbocycles. The molecule has 0 saturated heterocycles. The molecule has 0 radical (unpaired) electrons. The minimum absolute atomic E-state index is 0.121. The summed E-state index contributed by atoms with van der Waals surface area (Å²) >= 11 is 0. The third kappa shape index (κ3) is 2.64. The maximum atomic E-state index is 11.6. The van der Waals surface area contributed by atoms with Crippen LogP contribution in [0.4, 0.5) is 0 Å². The van der Waals surface area contributed by atoms with E-state index in [4.69, 9.17) is 5.11 Å². The number of carboxylic acids is 1. The van der Waals surface area contributed by atoms with E-state index in [9.17, 15) is 9.59 Å². The van der Waals surface area contributed by atoms with Crippen molar-refractivity contribution < 1.29 is 14.7 Å². The van der Waals surface area contributed by atoms with Crippen molar-refractivity contribution in [2.24, 2.45) is 5.41 Å². The van der Waals surface area contributed by atoms with Crippen LogP contribution in [-0.2, 0) is 4.79 Å². The van der Waals surface area contributed by atoms with E-state index in [-0.39, 0.29) is 17.7 Å². The van der Waals surface area contributed by atoms with Gasteiger partial charge in [-0.3, -0.25) is 14.7 Å². The monoisotopic (exact) mass is 237 g/mol. The number of nitrogens with one attached hydrogen (secondary N) is 2. The van der Waals surface area contributed by atoms with Crippen molar-refractivity contribution in [3.63, 3.8) is 0 Å². The maximum Gasteiger partial charge on any atom is 0.303 e. The highest BCUT2D eigenvalue weighted by Gasteiger charge is 2.39. The second-order valence-corrected chi connectivity index (χ2v) is 4.58. The molecule has 0 aliphatic heterocycles. The first-order chi connectivity index (χ1) is 8.11. The van der Waals surface area contributed by atoms with Crippen molar-refractivity contribution in [2.45, 2.75) is 25.7 Å². The largest absolute Gasteiger partial charge is 0.481 e. The van der Waals surface area contributed by atoms with Crippen molar-refractivity contribution in [3.05, 3.63) is 18.0 Å². The Labute approximate surface area is 98.4 Å². The molecule has 0 unspecified atom stereocenters. The van der Waals surface area contributed by atoms with Gasteiger partial charge >= 0.3 is 5.97 Å². The van der Waals surface area contributed by atoms with E-state index >= 15 is 0 Å². The number of H-pyrrole nitrogens is 1. The number of carbonyl (C=O) groups is 2. The van der Waals surface area contributed by atoms with Crippen molar-refractivity contribution in [2.75, 3.05) is 6.54 Å². The van der Waals surface area contributed by atoms with Gasteiger partial charge in [0.15, 0.2) is 0 Å². The molecule has 0 bridgehead atoms. The van der Waals surface area contributed by atoms with E-state index in [1.165, 1.54) is 6.20 Å². The van der Waals surface area contributed by atoms with E-state index in [1.54, 1.807) is 6.07 Å². The number of amides is 1. The number of carbonyl (C=O) groups excluding carboxylic acids is 1. The maximum absolute atomic E-state index is 11.6. The van der Waals surface area contributed by atoms with Gasteiger partial charge in [0, 0.05) is 12.7 Å². The van der Waals surface area contributed by atoms with E-state index < -0.39 is 5.97 Å². The highest BCUT2D eigenvalue weighted by Crippen LogP contribution is 2.43. The molecule has 1 fully saturated rings. The SMILES string of the molecule is O=C(O)CC1(CNC(=O)c2ccn[nH]2)CCC1. The summed E-state index contributed by atoms with van der Waals surface area (Å²) in [6, 6.07) is 1.58. The molecule has 1 saturated carbocycles. The van der Waals surface area contributed by atoms with Crippen molar-refractivity contribution in [1.82, 2.24) is 15.5 Å². The van der Waals surface area contributed by atoms with Gasteiger partial charge in [0.25, 0.3) is 5.91 Å². The minimum Gasteiger partial charge on any atom is -0.481 e. The average molecular weight is 237 g/mol. The molecule has 1 aromatic heterocycles. The minimum atomic E-state index is -0.805. The van der Waals surface area contributed by atoms with Crippen LogP contribution >= 0.6 is 0 Å². The number of aromatic amines is 1. The molecule has 3 N–H and O–H groups in total. The highest BCUT2D eigenvalue weighted by atomic mass is 16.4. The number of aromatic nitrogens is 2. The van der Waals surface area contributed by atoms with Crippen molar-refractivity contribution in [3.8, 4) is 0 Å². The first-order valence-electron chi connectivity index (χ1n) is 5.61. The summed E-state index contributed by atoms with van der Waals surface area (Å²) in [7, 11) is 0. The van der Waals surface area contributed by atoms with Gasteiger partial charge in [-0.2, -0.15) is 5.10 Å². The average Bonchev–Trinajstić information content (AvgIpc) is 2.74. The summed E-state index contributed by atoms with van der Waals surface area (Å²) in [6.07, 6.45) is 4.39.